The predicted octanol–water partition coefficient (Wildman–Crippen LogP) is 3.20. The van der Waals surface area contributed by atoms with E-state index < -0.39 is 0 Å². The SMILES string of the molecule is CCC(=O)OCCOC(=O)CCCCC1CCSS1. The molecule has 1 unspecified atom stereocenters. The Morgan fingerprint density at radius 2 is 1.89 bits per heavy atom. The summed E-state index contributed by atoms with van der Waals surface area (Å²) in [6.07, 6.45) is 5.27. The fourth-order valence-electron chi connectivity index (χ4n) is 1.69. The van der Waals surface area contributed by atoms with Gasteiger partial charge < -0.3 is 9.47 Å². The molecule has 0 saturated carbocycles. The second kappa shape index (κ2) is 10.4. The lowest BCUT2D eigenvalue weighted by Crippen LogP contribution is -2.13. The van der Waals surface area contributed by atoms with Crippen molar-refractivity contribution in [2.75, 3.05) is 19.0 Å². The van der Waals surface area contributed by atoms with E-state index in [2.05, 4.69) is 0 Å². The van der Waals surface area contributed by atoms with Gasteiger partial charge in [0.05, 0.1) is 0 Å². The molecule has 110 valence electrons. The molecule has 0 bridgehead atoms. The van der Waals surface area contributed by atoms with E-state index >= 15 is 0 Å². The normalized spacial score (nSPS) is 18.3. The van der Waals surface area contributed by atoms with Gasteiger partial charge in [0, 0.05) is 23.8 Å². The van der Waals surface area contributed by atoms with Crippen LogP contribution in [0, 0.1) is 0 Å². The second-order valence-corrected chi connectivity index (χ2v) is 7.16. The lowest BCUT2D eigenvalue weighted by atomic mass is 10.1. The average molecular weight is 306 g/mol. The Morgan fingerprint density at radius 3 is 2.53 bits per heavy atom. The Bertz CT molecular complexity index is 278. The molecule has 0 radical (unpaired) electrons. The Morgan fingerprint density at radius 1 is 1.16 bits per heavy atom. The third-order valence-corrected chi connectivity index (χ3v) is 5.79. The van der Waals surface area contributed by atoms with Crippen molar-refractivity contribution < 1.29 is 19.1 Å². The summed E-state index contributed by atoms with van der Waals surface area (Å²) in [6, 6.07) is 0. The first-order chi connectivity index (χ1) is 9.22. The van der Waals surface area contributed by atoms with E-state index in [0.29, 0.717) is 12.8 Å². The van der Waals surface area contributed by atoms with Crippen LogP contribution in [0.3, 0.4) is 0 Å². The van der Waals surface area contributed by atoms with Crippen molar-refractivity contribution in [3.63, 3.8) is 0 Å². The molecule has 1 rings (SSSR count). The van der Waals surface area contributed by atoms with Crippen LogP contribution in [0.5, 0.6) is 0 Å². The molecule has 1 atom stereocenters. The maximum atomic E-state index is 11.4. The number of carbonyl (C=O) groups excluding carboxylic acids is 2. The average Bonchev–Trinajstić information content (AvgIpc) is 2.92. The summed E-state index contributed by atoms with van der Waals surface area (Å²) in [6.45, 7) is 2.06. The van der Waals surface area contributed by atoms with Gasteiger partial charge in [-0.05, 0) is 19.3 Å². The van der Waals surface area contributed by atoms with Gasteiger partial charge in [0.2, 0.25) is 0 Å². The summed E-state index contributed by atoms with van der Waals surface area (Å²) in [5.74, 6) is 0.803. The molecule has 4 nitrogen and oxygen atoms in total. The molecule has 0 spiro atoms. The van der Waals surface area contributed by atoms with Gasteiger partial charge >= 0.3 is 11.9 Å². The van der Waals surface area contributed by atoms with Gasteiger partial charge in [0.25, 0.3) is 0 Å². The Hall–Kier alpha value is -0.360. The highest BCUT2D eigenvalue weighted by molar-refractivity contribution is 8.77. The first-order valence-corrected chi connectivity index (χ1v) is 9.20. The maximum Gasteiger partial charge on any atom is 0.305 e. The first-order valence-electron chi connectivity index (χ1n) is 6.82. The van der Waals surface area contributed by atoms with Crippen molar-refractivity contribution in [1.82, 2.24) is 0 Å². The van der Waals surface area contributed by atoms with Crippen LogP contribution in [0.2, 0.25) is 0 Å². The molecule has 0 aromatic heterocycles. The van der Waals surface area contributed by atoms with Gasteiger partial charge in [0.1, 0.15) is 13.2 Å². The quantitative estimate of drug-likeness (QED) is 0.370. The molecule has 0 aliphatic carbocycles. The zero-order valence-electron chi connectivity index (χ0n) is 11.4. The van der Waals surface area contributed by atoms with Crippen molar-refractivity contribution in [2.45, 2.75) is 50.7 Å². The number of hydrogen-bond donors (Lipinski definition) is 0. The molecule has 1 saturated heterocycles. The standard InChI is InChI=1S/C13H22O4S2/c1-2-12(14)16-8-9-17-13(15)6-4-3-5-11-7-10-18-19-11/h11H,2-10H2,1H3. The van der Waals surface area contributed by atoms with Crippen molar-refractivity contribution >= 4 is 33.5 Å². The minimum Gasteiger partial charge on any atom is -0.462 e. The van der Waals surface area contributed by atoms with Gasteiger partial charge in [0.15, 0.2) is 0 Å². The van der Waals surface area contributed by atoms with Crippen molar-refractivity contribution in [1.29, 1.82) is 0 Å². The fraction of sp³-hybridized carbons (Fsp3) is 0.846. The van der Waals surface area contributed by atoms with Crippen LogP contribution in [-0.4, -0.2) is 36.2 Å². The molecule has 0 aromatic carbocycles. The van der Waals surface area contributed by atoms with Gasteiger partial charge in [-0.15, -0.1) is 0 Å². The maximum absolute atomic E-state index is 11.4. The zero-order chi connectivity index (χ0) is 13.9. The number of esters is 2. The molecule has 1 aliphatic heterocycles. The molecule has 1 aliphatic rings. The highest BCUT2D eigenvalue weighted by Crippen LogP contribution is 2.39. The Balaban J connectivity index is 1.88. The Labute approximate surface area is 122 Å². The number of carbonyl (C=O) groups is 2. The third kappa shape index (κ3) is 8.42. The molecular weight excluding hydrogens is 284 g/mol. The predicted molar refractivity (Wildman–Crippen MR) is 79.1 cm³/mol. The molecule has 0 amide bonds. The zero-order valence-corrected chi connectivity index (χ0v) is 13.0. The van der Waals surface area contributed by atoms with Gasteiger partial charge in [-0.3, -0.25) is 9.59 Å². The Kier molecular flexibility index (Phi) is 9.16. The molecule has 1 fully saturated rings. The van der Waals surface area contributed by atoms with E-state index in [1.807, 2.05) is 21.6 Å². The molecule has 1 heterocycles. The van der Waals surface area contributed by atoms with Crippen LogP contribution < -0.4 is 0 Å². The van der Waals surface area contributed by atoms with Crippen LogP contribution in [0.25, 0.3) is 0 Å². The number of unbranched alkanes of at least 4 members (excludes halogenated alkanes) is 1. The third-order valence-electron chi connectivity index (χ3n) is 2.78. The van der Waals surface area contributed by atoms with Crippen LogP contribution in [-0.2, 0) is 19.1 Å². The summed E-state index contributed by atoms with van der Waals surface area (Å²) in [7, 11) is 3.92. The highest BCUT2D eigenvalue weighted by atomic mass is 33.1. The summed E-state index contributed by atoms with van der Waals surface area (Å²) in [5, 5.41) is 0.773. The minimum absolute atomic E-state index is 0.161. The molecule has 0 aromatic rings. The van der Waals surface area contributed by atoms with E-state index in [9.17, 15) is 9.59 Å². The molecular formula is C13H22O4S2. The summed E-state index contributed by atoms with van der Waals surface area (Å²) in [4.78, 5) is 22.2. The van der Waals surface area contributed by atoms with Crippen LogP contribution >= 0.6 is 21.6 Å². The topological polar surface area (TPSA) is 52.6 Å². The second-order valence-electron chi connectivity index (χ2n) is 4.37. The monoisotopic (exact) mass is 306 g/mol. The van der Waals surface area contributed by atoms with E-state index in [-0.39, 0.29) is 25.2 Å². The molecule has 6 heteroatoms. The van der Waals surface area contributed by atoms with E-state index in [1.54, 1.807) is 6.92 Å². The molecule has 0 N–H and O–H groups in total. The van der Waals surface area contributed by atoms with Crippen molar-refractivity contribution in [3.8, 4) is 0 Å². The minimum atomic E-state index is -0.261. The van der Waals surface area contributed by atoms with Gasteiger partial charge in [-0.25, -0.2) is 0 Å². The van der Waals surface area contributed by atoms with E-state index in [1.165, 1.54) is 18.6 Å². The lowest BCUT2D eigenvalue weighted by Gasteiger charge is -2.07. The van der Waals surface area contributed by atoms with E-state index in [4.69, 9.17) is 9.47 Å². The van der Waals surface area contributed by atoms with Gasteiger partial charge in [-0.2, -0.15) is 0 Å². The van der Waals surface area contributed by atoms with Crippen molar-refractivity contribution in [3.05, 3.63) is 0 Å². The highest BCUT2D eigenvalue weighted by Gasteiger charge is 2.15. The number of ether oxygens (including phenoxy) is 2. The number of rotatable bonds is 9. The van der Waals surface area contributed by atoms with Crippen LogP contribution in [0.4, 0.5) is 0 Å². The fourth-order valence-corrected chi connectivity index (χ4v) is 4.72. The first kappa shape index (κ1) is 16.7. The van der Waals surface area contributed by atoms with Crippen molar-refractivity contribution in [2.24, 2.45) is 0 Å². The smallest absolute Gasteiger partial charge is 0.305 e. The summed E-state index contributed by atoms with van der Waals surface area (Å²) < 4.78 is 9.80. The lowest BCUT2D eigenvalue weighted by molar-refractivity contribution is -0.152. The summed E-state index contributed by atoms with van der Waals surface area (Å²) >= 11 is 0. The van der Waals surface area contributed by atoms with Gasteiger partial charge in [-0.1, -0.05) is 34.9 Å². The van der Waals surface area contributed by atoms with E-state index in [0.717, 1.165) is 18.1 Å². The largest absolute Gasteiger partial charge is 0.462 e. The number of hydrogen-bond acceptors (Lipinski definition) is 6. The molecule has 19 heavy (non-hydrogen) atoms. The van der Waals surface area contributed by atoms with Crippen LogP contribution in [0.1, 0.15) is 45.4 Å². The van der Waals surface area contributed by atoms with Crippen LogP contribution in [0.15, 0.2) is 0 Å². The summed E-state index contributed by atoms with van der Waals surface area (Å²) in [5.41, 5.74) is 0.